The summed E-state index contributed by atoms with van der Waals surface area (Å²) in [6, 6.07) is 8.60. The topological polar surface area (TPSA) is 0 Å². The summed E-state index contributed by atoms with van der Waals surface area (Å²) in [6.45, 7) is 8.14. The number of rotatable bonds is 3. The summed E-state index contributed by atoms with van der Waals surface area (Å²) in [6.07, 6.45) is 1.90. The highest BCUT2D eigenvalue weighted by molar-refractivity contribution is 5.35. The van der Waals surface area contributed by atoms with Crippen LogP contribution in [0.5, 0.6) is 0 Å². The molecule has 0 heterocycles. The van der Waals surface area contributed by atoms with Crippen LogP contribution in [0, 0.1) is 10.8 Å². The highest BCUT2D eigenvalue weighted by Crippen LogP contribution is 2.53. The zero-order valence-corrected chi connectivity index (χ0v) is 10.9. The van der Waals surface area contributed by atoms with Crippen molar-refractivity contribution < 1.29 is 2.74 Å². The molecule has 16 heavy (non-hydrogen) atoms. The van der Waals surface area contributed by atoms with Crippen molar-refractivity contribution in [2.45, 2.75) is 53.3 Å². The van der Waals surface area contributed by atoms with Crippen molar-refractivity contribution in [3.8, 4) is 0 Å². The van der Waals surface area contributed by atoms with Gasteiger partial charge in [-0.05, 0) is 41.2 Å². The van der Waals surface area contributed by atoms with Crippen LogP contribution in [0.2, 0.25) is 0 Å². The summed E-state index contributed by atoms with van der Waals surface area (Å²) >= 11 is 0. The predicted octanol–water partition coefficient (Wildman–Crippen LogP) is 4.62. The van der Waals surface area contributed by atoms with Crippen molar-refractivity contribution in [2.24, 2.45) is 10.8 Å². The van der Waals surface area contributed by atoms with Crippen molar-refractivity contribution in [1.82, 2.24) is 0 Å². The van der Waals surface area contributed by atoms with Gasteiger partial charge in [-0.2, -0.15) is 0 Å². The molecule has 0 heteroatoms. The molecule has 88 valence electrons. The van der Waals surface area contributed by atoms with Crippen molar-refractivity contribution in [1.29, 1.82) is 0 Å². The van der Waals surface area contributed by atoms with Gasteiger partial charge in [-0.15, -0.1) is 0 Å². The van der Waals surface area contributed by atoms with E-state index in [-0.39, 0.29) is 10.8 Å². The summed E-state index contributed by atoms with van der Waals surface area (Å²) in [5.41, 5.74) is 2.55. The van der Waals surface area contributed by atoms with Crippen LogP contribution in [-0.4, -0.2) is 0 Å². The van der Waals surface area contributed by atoms with E-state index in [1.807, 2.05) is 0 Å². The van der Waals surface area contributed by atoms with E-state index in [1.54, 1.807) is 6.92 Å². The molecule has 0 amide bonds. The molecule has 2 rings (SSSR count). The Morgan fingerprint density at radius 2 is 1.69 bits per heavy atom. The minimum absolute atomic E-state index is 0.0505. The number of fused-ring (bicyclic) bond motifs is 1. The van der Waals surface area contributed by atoms with Crippen LogP contribution in [-0.2, 0) is 12.8 Å². The van der Waals surface area contributed by atoms with Crippen molar-refractivity contribution in [2.75, 3.05) is 0 Å². The molecule has 0 bridgehead atoms. The SMILES string of the molecule is [2H]C([2H])(C)C(C)(C)C1(CC)Cc2ccccc2C1. The zero-order valence-electron chi connectivity index (χ0n) is 12.9. The molecule has 1 aromatic carbocycles. The first-order valence-corrected chi connectivity index (χ1v) is 6.30. The molecule has 0 radical (unpaired) electrons. The molecule has 1 aliphatic carbocycles. The van der Waals surface area contributed by atoms with Crippen LogP contribution in [0.15, 0.2) is 24.3 Å². The quantitative estimate of drug-likeness (QED) is 0.694. The minimum atomic E-state index is -1.16. The Hall–Kier alpha value is -0.780. The van der Waals surface area contributed by atoms with Crippen molar-refractivity contribution in [3.05, 3.63) is 35.4 Å². The number of benzene rings is 1. The highest BCUT2D eigenvalue weighted by atomic mass is 14.5. The molecule has 0 fully saturated rings. The van der Waals surface area contributed by atoms with E-state index in [4.69, 9.17) is 2.74 Å². The molecule has 1 aliphatic rings. The van der Waals surface area contributed by atoms with Crippen LogP contribution in [0.4, 0.5) is 0 Å². The van der Waals surface area contributed by atoms with E-state index in [2.05, 4.69) is 45.0 Å². The van der Waals surface area contributed by atoms with E-state index in [0.29, 0.717) is 0 Å². The smallest absolute Gasteiger partial charge is 0.0269 e. The second kappa shape index (κ2) is 3.91. The summed E-state index contributed by atoms with van der Waals surface area (Å²) in [4.78, 5) is 0. The highest BCUT2D eigenvalue weighted by Gasteiger charge is 2.45. The summed E-state index contributed by atoms with van der Waals surface area (Å²) in [5, 5.41) is 0. The van der Waals surface area contributed by atoms with E-state index in [9.17, 15) is 0 Å². The van der Waals surface area contributed by atoms with Crippen LogP contribution in [0.1, 0.15) is 54.4 Å². The molecular formula is C16H24. The fourth-order valence-electron chi connectivity index (χ4n) is 3.09. The predicted molar refractivity (Wildman–Crippen MR) is 70.6 cm³/mol. The Morgan fingerprint density at radius 1 is 1.19 bits per heavy atom. The fourth-order valence-corrected chi connectivity index (χ4v) is 3.09. The monoisotopic (exact) mass is 218 g/mol. The van der Waals surface area contributed by atoms with Gasteiger partial charge >= 0.3 is 0 Å². The first-order valence-electron chi connectivity index (χ1n) is 7.30. The van der Waals surface area contributed by atoms with Gasteiger partial charge in [-0.3, -0.25) is 0 Å². The third-order valence-corrected chi connectivity index (χ3v) is 4.80. The average Bonchev–Trinajstić information content (AvgIpc) is 2.67. The Morgan fingerprint density at radius 3 is 2.06 bits per heavy atom. The first kappa shape index (κ1) is 9.27. The van der Waals surface area contributed by atoms with Crippen LogP contribution in [0.25, 0.3) is 0 Å². The molecule has 1 aromatic rings. The third-order valence-electron chi connectivity index (χ3n) is 4.80. The lowest BCUT2D eigenvalue weighted by atomic mass is 9.61. The maximum atomic E-state index is 8.20. The van der Waals surface area contributed by atoms with E-state index in [0.717, 1.165) is 19.3 Å². The molecule has 0 saturated carbocycles. The third kappa shape index (κ3) is 1.59. The van der Waals surface area contributed by atoms with Crippen LogP contribution >= 0.6 is 0 Å². The Kier molecular flexibility index (Phi) is 2.26. The number of hydrogen-bond donors (Lipinski definition) is 0. The lowest BCUT2D eigenvalue weighted by Gasteiger charge is -2.44. The van der Waals surface area contributed by atoms with Crippen LogP contribution < -0.4 is 0 Å². The molecule has 0 atom stereocenters. The summed E-state index contributed by atoms with van der Waals surface area (Å²) in [5.74, 6) is 0. The molecule has 0 unspecified atom stereocenters. The largest absolute Gasteiger partial charge is 0.0649 e. The molecule has 0 aliphatic heterocycles. The minimum Gasteiger partial charge on any atom is -0.0649 e. The molecule has 0 spiro atoms. The normalized spacial score (nSPS) is 21.2. The van der Waals surface area contributed by atoms with Crippen molar-refractivity contribution >= 4 is 0 Å². The molecule has 0 N–H and O–H groups in total. The fraction of sp³-hybridized carbons (Fsp3) is 0.625. The van der Waals surface area contributed by atoms with Gasteiger partial charge in [0.1, 0.15) is 0 Å². The first-order chi connectivity index (χ1) is 8.23. The molecule has 0 aromatic heterocycles. The van der Waals surface area contributed by atoms with Gasteiger partial charge in [-0.1, -0.05) is 58.3 Å². The molecular weight excluding hydrogens is 192 g/mol. The lowest BCUT2D eigenvalue weighted by molar-refractivity contribution is 0.0687. The van der Waals surface area contributed by atoms with E-state index >= 15 is 0 Å². The second-order valence-electron chi connectivity index (χ2n) is 5.63. The van der Waals surface area contributed by atoms with Crippen molar-refractivity contribution in [3.63, 3.8) is 0 Å². The Balaban J connectivity index is 2.43. The molecule has 0 saturated heterocycles. The van der Waals surface area contributed by atoms with Gasteiger partial charge in [0.05, 0.1) is 0 Å². The lowest BCUT2D eigenvalue weighted by Crippen LogP contribution is -2.37. The summed E-state index contributed by atoms with van der Waals surface area (Å²) in [7, 11) is 0. The second-order valence-corrected chi connectivity index (χ2v) is 5.63. The summed E-state index contributed by atoms with van der Waals surface area (Å²) < 4.78 is 16.4. The van der Waals surface area contributed by atoms with Crippen LogP contribution in [0.3, 0.4) is 0 Å². The van der Waals surface area contributed by atoms with E-state index < -0.39 is 6.37 Å². The Labute approximate surface area is 103 Å². The average molecular weight is 218 g/mol. The van der Waals surface area contributed by atoms with Gasteiger partial charge < -0.3 is 0 Å². The molecule has 0 nitrogen and oxygen atoms in total. The van der Waals surface area contributed by atoms with Gasteiger partial charge in [0, 0.05) is 2.74 Å². The maximum Gasteiger partial charge on any atom is 0.0269 e. The van der Waals surface area contributed by atoms with Gasteiger partial charge in [0.25, 0.3) is 0 Å². The van der Waals surface area contributed by atoms with Gasteiger partial charge in [-0.25, -0.2) is 0 Å². The number of hydrogen-bond acceptors (Lipinski definition) is 0. The van der Waals surface area contributed by atoms with Gasteiger partial charge in [0.2, 0.25) is 0 Å². The zero-order chi connectivity index (χ0) is 13.6. The van der Waals surface area contributed by atoms with E-state index in [1.165, 1.54) is 11.1 Å². The van der Waals surface area contributed by atoms with Gasteiger partial charge in [0.15, 0.2) is 0 Å². The Bertz CT molecular complexity index is 416. The maximum absolute atomic E-state index is 8.20. The standard InChI is InChI=1S/C16H24/c1-5-15(3,4)16(6-2)11-13-9-7-8-10-14(13)12-16/h7-10H,5-6,11-12H2,1-4H3/i5D2.